The lowest BCUT2D eigenvalue weighted by Crippen LogP contribution is -2.24. The van der Waals surface area contributed by atoms with Crippen LogP contribution in [0.3, 0.4) is 0 Å². The fraction of sp³-hybridized carbons (Fsp3) is 0.286. The van der Waals surface area contributed by atoms with Crippen LogP contribution >= 0.6 is 0 Å². The molecular weight excluding hydrogens is 294 g/mol. The summed E-state index contributed by atoms with van der Waals surface area (Å²) in [6.45, 7) is 2.06. The Morgan fingerprint density at radius 1 is 1.24 bits per heavy atom. The van der Waals surface area contributed by atoms with Crippen molar-refractivity contribution in [3.8, 4) is 0 Å². The summed E-state index contributed by atoms with van der Waals surface area (Å²) in [6.07, 6.45) is 0.965. The molecule has 6 nitrogen and oxygen atoms in total. The second kappa shape index (κ2) is 8.21. The number of sulfone groups is 1. The van der Waals surface area contributed by atoms with Gasteiger partial charge in [0.05, 0.1) is 17.9 Å². The first kappa shape index (κ1) is 16.9. The maximum Gasteiger partial charge on any atom is 0.307 e. The van der Waals surface area contributed by atoms with E-state index in [9.17, 15) is 18.0 Å². The molecule has 1 rings (SSSR count). The maximum atomic E-state index is 11.9. The molecule has 0 saturated heterocycles. The van der Waals surface area contributed by atoms with Gasteiger partial charge in [-0.15, -0.1) is 0 Å². The van der Waals surface area contributed by atoms with Crippen LogP contribution in [0.4, 0.5) is 0 Å². The van der Waals surface area contributed by atoms with Gasteiger partial charge in [-0.25, -0.2) is 8.42 Å². The zero-order chi connectivity index (χ0) is 15.7. The smallest absolute Gasteiger partial charge is 0.307 e. The Bertz CT molecular complexity index is 608. The van der Waals surface area contributed by atoms with Crippen LogP contribution in [0.15, 0.2) is 46.7 Å². The van der Waals surface area contributed by atoms with E-state index in [0.717, 1.165) is 11.5 Å². The number of nitrogens with one attached hydrogen (secondary N) is 1. The molecule has 1 aromatic carbocycles. The van der Waals surface area contributed by atoms with E-state index in [0.29, 0.717) is 0 Å². The van der Waals surface area contributed by atoms with E-state index < -0.39 is 21.7 Å². The van der Waals surface area contributed by atoms with Crippen molar-refractivity contribution in [1.29, 1.82) is 0 Å². The highest BCUT2D eigenvalue weighted by Crippen LogP contribution is 2.10. The third-order valence-corrected chi connectivity index (χ3v) is 3.83. The zero-order valence-corrected chi connectivity index (χ0v) is 12.4. The van der Waals surface area contributed by atoms with E-state index in [1.807, 2.05) is 0 Å². The van der Waals surface area contributed by atoms with Crippen molar-refractivity contribution in [3.63, 3.8) is 0 Å². The SMILES string of the molecule is CCOC(=O)CCNC(=O)C=CS(=O)(=O)c1ccccc1. The molecule has 1 aromatic rings. The van der Waals surface area contributed by atoms with Gasteiger partial charge in [-0.3, -0.25) is 9.59 Å². The van der Waals surface area contributed by atoms with E-state index in [2.05, 4.69) is 5.32 Å². The summed E-state index contributed by atoms with van der Waals surface area (Å²) in [5.74, 6) is -1.00. The second-order valence-electron chi connectivity index (χ2n) is 4.01. The van der Waals surface area contributed by atoms with Crippen molar-refractivity contribution >= 4 is 21.7 Å². The van der Waals surface area contributed by atoms with E-state index in [1.54, 1.807) is 25.1 Å². The minimum absolute atomic E-state index is 0.0405. The van der Waals surface area contributed by atoms with E-state index in [-0.39, 0.29) is 24.5 Å². The van der Waals surface area contributed by atoms with E-state index in [4.69, 9.17) is 4.74 Å². The van der Waals surface area contributed by atoms with Crippen LogP contribution in [-0.2, 0) is 24.2 Å². The summed E-state index contributed by atoms with van der Waals surface area (Å²) in [5.41, 5.74) is 0. The molecule has 1 N–H and O–H groups in total. The first-order valence-corrected chi connectivity index (χ1v) is 7.92. The van der Waals surface area contributed by atoms with Crippen LogP contribution in [-0.4, -0.2) is 33.4 Å². The molecule has 0 heterocycles. The van der Waals surface area contributed by atoms with E-state index in [1.165, 1.54) is 12.1 Å². The quantitative estimate of drug-likeness (QED) is 0.600. The van der Waals surface area contributed by atoms with Gasteiger partial charge in [-0.05, 0) is 19.1 Å². The van der Waals surface area contributed by atoms with Crippen LogP contribution in [0.25, 0.3) is 0 Å². The highest BCUT2D eigenvalue weighted by atomic mass is 32.2. The maximum absolute atomic E-state index is 11.9. The average molecular weight is 311 g/mol. The summed E-state index contributed by atoms with van der Waals surface area (Å²) in [4.78, 5) is 22.6. The molecule has 0 radical (unpaired) electrons. The van der Waals surface area contributed by atoms with Crippen LogP contribution in [0.1, 0.15) is 13.3 Å². The summed E-state index contributed by atoms with van der Waals surface area (Å²) in [6, 6.07) is 7.78. The molecule has 0 bridgehead atoms. The van der Waals surface area contributed by atoms with Gasteiger partial charge in [0.15, 0.2) is 9.84 Å². The van der Waals surface area contributed by atoms with Crippen molar-refractivity contribution in [2.45, 2.75) is 18.2 Å². The number of hydrogen-bond donors (Lipinski definition) is 1. The largest absolute Gasteiger partial charge is 0.466 e. The second-order valence-corrected chi connectivity index (χ2v) is 5.84. The van der Waals surface area contributed by atoms with Crippen LogP contribution in [0.2, 0.25) is 0 Å². The number of amides is 1. The van der Waals surface area contributed by atoms with Gasteiger partial charge in [0.2, 0.25) is 5.91 Å². The molecule has 114 valence electrons. The van der Waals surface area contributed by atoms with Crippen molar-refractivity contribution in [2.24, 2.45) is 0 Å². The van der Waals surface area contributed by atoms with Crippen LogP contribution in [0, 0.1) is 0 Å². The summed E-state index contributed by atoms with van der Waals surface area (Å²) >= 11 is 0. The molecule has 0 aliphatic carbocycles. The number of carbonyl (C=O) groups excluding carboxylic acids is 2. The fourth-order valence-corrected chi connectivity index (χ4v) is 2.42. The van der Waals surface area contributed by atoms with Gasteiger partial charge >= 0.3 is 5.97 Å². The molecule has 0 atom stereocenters. The Hall–Kier alpha value is -2.15. The van der Waals surface area contributed by atoms with E-state index >= 15 is 0 Å². The molecule has 1 amide bonds. The molecule has 0 aliphatic heterocycles. The molecule has 0 aliphatic rings. The Morgan fingerprint density at radius 3 is 2.52 bits per heavy atom. The molecule has 0 spiro atoms. The number of esters is 1. The molecule has 0 unspecified atom stereocenters. The summed E-state index contributed by atoms with van der Waals surface area (Å²) in [7, 11) is -3.64. The average Bonchev–Trinajstić information content (AvgIpc) is 2.46. The van der Waals surface area contributed by atoms with Gasteiger partial charge in [0, 0.05) is 18.0 Å². The lowest BCUT2D eigenvalue weighted by atomic mass is 10.4. The highest BCUT2D eigenvalue weighted by Gasteiger charge is 2.10. The number of hydrogen-bond acceptors (Lipinski definition) is 5. The number of rotatable bonds is 7. The van der Waals surface area contributed by atoms with Crippen molar-refractivity contribution in [1.82, 2.24) is 5.32 Å². The molecule has 0 saturated carbocycles. The first-order valence-electron chi connectivity index (χ1n) is 6.37. The monoisotopic (exact) mass is 311 g/mol. The normalized spacial score (nSPS) is 11.3. The van der Waals surface area contributed by atoms with Crippen molar-refractivity contribution < 1.29 is 22.7 Å². The fourth-order valence-electron chi connectivity index (χ4n) is 1.42. The Balaban J connectivity index is 2.49. The third-order valence-electron chi connectivity index (χ3n) is 2.40. The zero-order valence-electron chi connectivity index (χ0n) is 11.6. The van der Waals surface area contributed by atoms with Gasteiger partial charge in [0.25, 0.3) is 0 Å². The minimum atomic E-state index is -3.64. The summed E-state index contributed by atoms with van der Waals surface area (Å²) < 4.78 is 28.4. The lowest BCUT2D eigenvalue weighted by molar-refractivity contribution is -0.142. The molecule has 7 heteroatoms. The standard InChI is InChI=1S/C14H17NO5S/c1-2-20-14(17)8-10-15-13(16)9-11-21(18,19)12-6-4-3-5-7-12/h3-7,9,11H,2,8,10H2,1H3,(H,15,16). The predicted molar refractivity (Wildman–Crippen MR) is 77.0 cm³/mol. The van der Waals surface area contributed by atoms with Gasteiger partial charge in [-0.1, -0.05) is 18.2 Å². The van der Waals surface area contributed by atoms with Gasteiger partial charge < -0.3 is 10.1 Å². The summed E-state index contributed by atoms with van der Waals surface area (Å²) in [5, 5.41) is 3.24. The first-order chi connectivity index (χ1) is 9.95. The Kier molecular flexibility index (Phi) is 6.61. The lowest BCUT2D eigenvalue weighted by Gasteiger charge is -2.02. The Labute approximate surface area is 123 Å². The molecular formula is C14H17NO5S. The van der Waals surface area contributed by atoms with Crippen molar-refractivity contribution in [2.75, 3.05) is 13.2 Å². The highest BCUT2D eigenvalue weighted by molar-refractivity contribution is 7.94. The van der Waals surface area contributed by atoms with Gasteiger partial charge in [0.1, 0.15) is 0 Å². The molecule has 0 fully saturated rings. The number of ether oxygens (including phenoxy) is 1. The molecule has 0 aromatic heterocycles. The Morgan fingerprint density at radius 2 is 1.90 bits per heavy atom. The van der Waals surface area contributed by atoms with Crippen LogP contribution in [0.5, 0.6) is 0 Å². The van der Waals surface area contributed by atoms with Gasteiger partial charge in [-0.2, -0.15) is 0 Å². The third kappa shape index (κ3) is 6.22. The van der Waals surface area contributed by atoms with Crippen molar-refractivity contribution in [3.05, 3.63) is 41.8 Å². The topological polar surface area (TPSA) is 89.5 Å². The predicted octanol–water partition coefficient (Wildman–Crippen LogP) is 1.04. The molecule has 21 heavy (non-hydrogen) atoms. The number of benzene rings is 1. The number of carbonyl (C=O) groups is 2. The van der Waals surface area contributed by atoms with Crippen LogP contribution < -0.4 is 5.32 Å². The minimum Gasteiger partial charge on any atom is -0.466 e.